The summed E-state index contributed by atoms with van der Waals surface area (Å²) in [6.07, 6.45) is 14.2. The first-order chi connectivity index (χ1) is 11.1. The molecule has 0 aliphatic carbocycles. The topological polar surface area (TPSA) is 46.2 Å². The first-order valence-electron chi connectivity index (χ1n) is 9.12. The van der Waals surface area contributed by atoms with Crippen LogP contribution in [0.5, 0.6) is 0 Å². The minimum Gasteiger partial charge on any atom is -0.214 e. The van der Waals surface area contributed by atoms with E-state index in [0.29, 0.717) is 4.90 Å². The Labute approximate surface area is 142 Å². The van der Waals surface area contributed by atoms with Gasteiger partial charge in [-0.3, -0.25) is 0 Å². The minimum atomic E-state index is -3.32. The van der Waals surface area contributed by atoms with Gasteiger partial charge in [-0.1, -0.05) is 76.8 Å². The van der Waals surface area contributed by atoms with Gasteiger partial charge in [0.1, 0.15) is 0 Å². The third kappa shape index (κ3) is 8.52. The Morgan fingerprint density at radius 3 is 2.00 bits per heavy atom. The van der Waals surface area contributed by atoms with Crippen molar-refractivity contribution < 1.29 is 8.42 Å². The highest BCUT2D eigenvalue weighted by Crippen LogP contribution is 2.15. The standard InChI is InChI=1S/C19H33NO2S/c1-3-4-5-6-7-8-9-10-11-12-14-18-15-13-16-19(17-18)23(21,22)20-2/h13,15-17,20H,3-12,14H2,1-2H3. The molecule has 0 bridgehead atoms. The molecule has 0 aliphatic heterocycles. The predicted octanol–water partition coefficient (Wildman–Crippen LogP) is 5.06. The molecule has 0 spiro atoms. The summed E-state index contributed by atoms with van der Waals surface area (Å²) in [6.45, 7) is 2.25. The van der Waals surface area contributed by atoms with E-state index in [1.54, 1.807) is 12.1 Å². The SMILES string of the molecule is CCCCCCCCCCCCc1cccc(S(=O)(=O)NC)c1. The molecule has 132 valence electrons. The smallest absolute Gasteiger partial charge is 0.214 e. The van der Waals surface area contributed by atoms with Crippen LogP contribution in [0.3, 0.4) is 0 Å². The van der Waals surface area contributed by atoms with E-state index in [1.165, 1.54) is 64.8 Å². The monoisotopic (exact) mass is 339 g/mol. The van der Waals surface area contributed by atoms with E-state index in [2.05, 4.69) is 11.6 Å². The highest BCUT2D eigenvalue weighted by atomic mass is 32.2. The molecule has 0 radical (unpaired) electrons. The van der Waals surface area contributed by atoms with Gasteiger partial charge < -0.3 is 0 Å². The molecule has 0 aromatic heterocycles. The molecule has 0 atom stereocenters. The van der Waals surface area contributed by atoms with Gasteiger partial charge in [0.15, 0.2) is 0 Å². The molecule has 3 nitrogen and oxygen atoms in total. The molecular formula is C19H33NO2S. The van der Waals surface area contributed by atoms with E-state index < -0.39 is 10.0 Å². The number of hydrogen-bond acceptors (Lipinski definition) is 2. The van der Waals surface area contributed by atoms with Gasteiger partial charge in [-0.2, -0.15) is 0 Å². The predicted molar refractivity (Wildman–Crippen MR) is 98.2 cm³/mol. The fourth-order valence-electron chi connectivity index (χ4n) is 2.80. The van der Waals surface area contributed by atoms with Gasteiger partial charge in [0.2, 0.25) is 10.0 Å². The molecule has 23 heavy (non-hydrogen) atoms. The summed E-state index contributed by atoms with van der Waals surface area (Å²) in [5, 5.41) is 0. The number of rotatable bonds is 13. The van der Waals surface area contributed by atoms with E-state index in [1.807, 2.05) is 12.1 Å². The average molecular weight is 340 g/mol. The molecule has 0 fully saturated rings. The first-order valence-corrected chi connectivity index (χ1v) is 10.6. The Bertz CT molecular complexity index is 526. The van der Waals surface area contributed by atoms with E-state index in [9.17, 15) is 8.42 Å². The second kappa shape index (κ2) is 11.6. The fraction of sp³-hybridized carbons (Fsp3) is 0.684. The first kappa shape index (κ1) is 20.2. The summed E-state index contributed by atoms with van der Waals surface area (Å²) in [5.74, 6) is 0. The van der Waals surface area contributed by atoms with Gasteiger partial charge >= 0.3 is 0 Å². The Morgan fingerprint density at radius 2 is 1.43 bits per heavy atom. The van der Waals surface area contributed by atoms with Crippen molar-refractivity contribution >= 4 is 10.0 Å². The van der Waals surface area contributed by atoms with E-state index in [-0.39, 0.29) is 0 Å². The molecule has 0 heterocycles. The lowest BCUT2D eigenvalue weighted by molar-refractivity contribution is 0.556. The van der Waals surface area contributed by atoms with Gasteiger partial charge in [-0.05, 0) is 37.6 Å². The van der Waals surface area contributed by atoms with Crippen LogP contribution in [-0.4, -0.2) is 15.5 Å². The molecular weight excluding hydrogens is 306 g/mol. The van der Waals surface area contributed by atoms with Crippen LogP contribution in [0.1, 0.15) is 76.7 Å². The number of hydrogen-bond donors (Lipinski definition) is 1. The van der Waals surface area contributed by atoms with Gasteiger partial charge in [0.05, 0.1) is 4.90 Å². The lowest BCUT2D eigenvalue weighted by Crippen LogP contribution is -2.18. The number of benzene rings is 1. The number of nitrogens with one attached hydrogen (secondary N) is 1. The van der Waals surface area contributed by atoms with Crippen LogP contribution in [0.15, 0.2) is 29.2 Å². The third-order valence-corrected chi connectivity index (χ3v) is 5.71. The summed E-state index contributed by atoms with van der Waals surface area (Å²) in [4.78, 5) is 0.365. The van der Waals surface area contributed by atoms with Crippen molar-refractivity contribution in [1.82, 2.24) is 4.72 Å². The van der Waals surface area contributed by atoms with Gasteiger partial charge in [0, 0.05) is 0 Å². The molecule has 0 aliphatic rings. The summed E-state index contributed by atoms with van der Waals surface area (Å²) in [6, 6.07) is 7.28. The van der Waals surface area contributed by atoms with Crippen LogP contribution in [0.2, 0.25) is 0 Å². The summed E-state index contributed by atoms with van der Waals surface area (Å²) >= 11 is 0. The average Bonchev–Trinajstić information content (AvgIpc) is 2.57. The Hall–Kier alpha value is -0.870. The zero-order chi connectivity index (χ0) is 17.0. The Morgan fingerprint density at radius 1 is 0.870 bits per heavy atom. The Balaban J connectivity index is 2.16. The number of sulfonamides is 1. The summed E-state index contributed by atoms with van der Waals surface area (Å²) < 4.78 is 25.9. The number of unbranched alkanes of at least 4 members (excludes halogenated alkanes) is 9. The normalized spacial score (nSPS) is 11.7. The second-order valence-electron chi connectivity index (χ2n) is 6.29. The van der Waals surface area contributed by atoms with Crippen LogP contribution in [0, 0.1) is 0 Å². The second-order valence-corrected chi connectivity index (χ2v) is 8.17. The van der Waals surface area contributed by atoms with Crippen LogP contribution in [-0.2, 0) is 16.4 Å². The minimum absolute atomic E-state index is 0.365. The van der Waals surface area contributed by atoms with Gasteiger partial charge in [-0.15, -0.1) is 0 Å². The van der Waals surface area contributed by atoms with Crippen LogP contribution in [0.4, 0.5) is 0 Å². The maximum atomic E-state index is 11.8. The van der Waals surface area contributed by atoms with Crippen LogP contribution < -0.4 is 4.72 Å². The van der Waals surface area contributed by atoms with Crippen molar-refractivity contribution in [3.05, 3.63) is 29.8 Å². The quantitative estimate of drug-likeness (QED) is 0.511. The maximum Gasteiger partial charge on any atom is 0.240 e. The van der Waals surface area contributed by atoms with Crippen molar-refractivity contribution in [1.29, 1.82) is 0 Å². The van der Waals surface area contributed by atoms with Crippen molar-refractivity contribution in [2.24, 2.45) is 0 Å². The zero-order valence-electron chi connectivity index (χ0n) is 14.8. The van der Waals surface area contributed by atoms with Gasteiger partial charge in [-0.25, -0.2) is 13.1 Å². The van der Waals surface area contributed by atoms with Crippen molar-refractivity contribution in [2.75, 3.05) is 7.05 Å². The molecule has 1 rings (SSSR count). The molecule has 0 unspecified atom stereocenters. The molecule has 4 heteroatoms. The highest BCUT2D eigenvalue weighted by molar-refractivity contribution is 7.89. The summed E-state index contributed by atoms with van der Waals surface area (Å²) in [5.41, 5.74) is 1.11. The van der Waals surface area contributed by atoms with Crippen LogP contribution in [0.25, 0.3) is 0 Å². The lowest BCUT2D eigenvalue weighted by Gasteiger charge is -2.06. The zero-order valence-corrected chi connectivity index (χ0v) is 15.6. The van der Waals surface area contributed by atoms with Crippen molar-refractivity contribution in [3.8, 4) is 0 Å². The Kier molecular flexibility index (Phi) is 10.2. The molecule has 0 saturated carbocycles. The molecule has 0 saturated heterocycles. The van der Waals surface area contributed by atoms with E-state index >= 15 is 0 Å². The number of aryl methyl sites for hydroxylation is 1. The lowest BCUT2D eigenvalue weighted by atomic mass is 10.0. The van der Waals surface area contributed by atoms with Crippen LogP contribution >= 0.6 is 0 Å². The van der Waals surface area contributed by atoms with Gasteiger partial charge in [0.25, 0.3) is 0 Å². The fourth-order valence-corrected chi connectivity index (χ4v) is 3.60. The van der Waals surface area contributed by atoms with E-state index in [4.69, 9.17) is 0 Å². The largest absolute Gasteiger partial charge is 0.240 e. The molecule has 1 N–H and O–H groups in total. The molecule has 1 aromatic carbocycles. The van der Waals surface area contributed by atoms with Crippen molar-refractivity contribution in [3.63, 3.8) is 0 Å². The van der Waals surface area contributed by atoms with E-state index in [0.717, 1.165) is 18.4 Å². The molecule has 1 aromatic rings. The maximum absolute atomic E-state index is 11.8. The van der Waals surface area contributed by atoms with Crippen molar-refractivity contribution in [2.45, 2.75) is 82.4 Å². The highest BCUT2D eigenvalue weighted by Gasteiger charge is 2.10. The third-order valence-electron chi connectivity index (χ3n) is 4.30. The summed E-state index contributed by atoms with van der Waals surface area (Å²) in [7, 11) is -1.87. The molecule has 0 amide bonds.